The van der Waals surface area contributed by atoms with Crippen molar-refractivity contribution in [3.8, 4) is 0 Å². The minimum Gasteiger partial charge on any atom is -0.361 e. The van der Waals surface area contributed by atoms with Gasteiger partial charge in [0.05, 0.1) is 0 Å². The predicted molar refractivity (Wildman–Crippen MR) is 109 cm³/mol. The fourth-order valence-electron chi connectivity index (χ4n) is 4.17. The van der Waals surface area contributed by atoms with Crippen LogP contribution in [0.25, 0.3) is 10.9 Å². The summed E-state index contributed by atoms with van der Waals surface area (Å²) in [5.41, 5.74) is 2.41. The van der Waals surface area contributed by atoms with Crippen molar-refractivity contribution in [3.05, 3.63) is 58.4 Å². The molecule has 1 amide bonds. The maximum Gasteiger partial charge on any atom is 0.220 e. The highest BCUT2D eigenvalue weighted by atomic mass is 32.1. The van der Waals surface area contributed by atoms with E-state index in [0.29, 0.717) is 13.0 Å². The highest BCUT2D eigenvalue weighted by Crippen LogP contribution is 2.33. The van der Waals surface area contributed by atoms with Crippen molar-refractivity contribution < 1.29 is 4.79 Å². The number of benzene rings is 1. The van der Waals surface area contributed by atoms with Crippen LogP contribution >= 0.6 is 11.3 Å². The quantitative estimate of drug-likeness (QED) is 0.574. The number of fused-ring (bicyclic) bond motifs is 1. The number of hydrogen-bond donors (Lipinski definition) is 2. The van der Waals surface area contributed by atoms with Crippen LogP contribution in [0.3, 0.4) is 0 Å². The van der Waals surface area contributed by atoms with Crippen molar-refractivity contribution >= 4 is 28.1 Å². The third-order valence-electron chi connectivity index (χ3n) is 5.64. The molecule has 1 atom stereocenters. The second kappa shape index (κ2) is 8.09. The van der Waals surface area contributed by atoms with Crippen LogP contribution in [0.5, 0.6) is 0 Å². The first kappa shape index (κ1) is 17.3. The minimum atomic E-state index is 0.193. The van der Waals surface area contributed by atoms with Gasteiger partial charge < -0.3 is 10.3 Å². The molecule has 1 unspecified atom stereocenters. The summed E-state index contributed by atoms with van der Waals surface area (Å²) in [6.07, 6.45) is 9.10. The Balaban J connectivity index is 1.45. The van der Waals surface area contributed by atoms with E-state index in [4.69, 9.17) is 0 Å². The largest absolute Gasteiger partial charge is 0.361 e. The van der Waals surface area contributed by atoms with Crippen molar-refractivity contribution in [2.45, 2.75) is 44.4 Å². The van der Waals surface area contributed by atoms with E-state index < -0.39 is 0 Å². The van der Waals surface area contributed by atoms with Crippen molar-refractivity contribution in [2.24, 2.45) is 5.92 Å². The summed E-state index contributed by atoms with van der Waals surface area (Å²) in [4.78, 5) is 17.1. The van der Waals surface area contributed by atoms with E-state index in [9.17, 15) is 4.79 Å². The number of para-hydroxylation sites is 1. The Morgan fingerprint density at radius 2 is 2.04 bits per heavy atom. The number of rotatable bonds is 7. The number of H-pyrrole nitrogens is 1. The number of nitrogens with one attached hydrogen (secondary N) is 2. The second-order valence-corrected chi connectivity index (χ2v) is 8.33. The average Bonchev–Trinajstić information content (AvgIpc) is 3.42. The van der Waals surface area contributed by atoms with Gasteiger partial charge in [-0.15, -0.1) is 11.3 Å². The van der Waals surface area contributed by atoms with Gasteiger partial charge in [0.2, 0.25) is 5.91 Å². The van der Waals surface area contributed by atoms with Gasteiger partial charge in [0.25, 0.3) is 0 Å². The van der Waals surface area contributed by atoms with E-state index in [2.05, 4.69) is 52.2 Å². The third-order valence-corrected chi connectivity index (χ3v) is 6.63. The molecule has 0 spiro atoms. The van der Waals surface area contributed by atoms with E-state index in [1.807, 2.05) is 6.07 Å². The van der Waals surface area contributed by atoms with Crippen LogP contribution in [0.2, 0.25) is 0 Å². The SMILES string of the molecule is O=C(CCC1CCCC1)NCC(c1cccs1)c1c[nH]c2ccccc12. The van der Waals surface area contributed by atoms with Crippen molar-refractivity contribution in [1.29, 1.82) is 0 Å². The van der Waals surface area contributed by atoms with Gasteiger partial charge in [-0.1, -0.05) is 49.9 Å². The van der Waals surface area contributed by atoms with Crippen LogP contribution in [0.4, 0.5) is 0 Å². The molecule has 3 aromatic rings. The second-order valence-electron chi connectivity index (χ2n) is 7.35. The molecule has 1 aliphatic rings. The molecule has 1 aromatic carbocycles. The molecule has 0 radical (unpaired) electrons. The maximum atomic E-state index is 12.4. The number of carbonyl (C=O) groups is 1. The van der Waals surface area contributed by atoms with E-state index in [0.717, 1.165) is 17.9 Å². The summed E-state index contributed by atoms with van der Waals surface area (Å²) < 4.78 is 0. The van der Waals surface area contributed by atoms with Crippen LogP contribution < -0.4 is 5.32 Å². The number of thiophene rings is 1. The van der Waals surface area contributed by atoms with Crippen molar-refractivity contribution in [3.63, 3.8) is 0 Å². The smallest absolute Gasteiger partial charge is 0.220 e. The van der Waals surface area contributed by atoms with Gasteiger partial charge >= 0.3 is 0 Å². The van der Waals surface area contributed by atoms with Gasteiger partial charge in [0.1, 0.15) is 0 Å². The van der Waals surface area contributed by atoms with Crippen molar-refractivity contribution in [1.82, 2.24) is 10.3 Å². The van der Waals surface area contributed by atoms with Gasteiger partial charge in [0.15, 0.2) is 0 Å². The zero-order valence-corrected chi connectivity index (χ0v) is 15.9. The van der Waals surface area contributed by atoms with Crippen LogP contribution in [0.15, 0.2) is 48.0 Å². The molecule has 0 aliphatic heterocycles. The fourth-order valence-corrected chi connectivity index (χ4v) is 5.02. The highest BCUT2D eigenvalue weighted by Gasteiger charge is 2.21. The number of hydrogen-bond acceptors (Lipinski definition) is 2. The number of amides is 1. The Morgan fingerprint density at radius 1 is 1.19 bits per heavy atom. The summed E-state index contributed by atoms with van der Waals surface area (Å²) in [7, 11) is 0. The molecule has 2 N–H and O–H groups in total. The lowest BCUT2D eigenvalue weighted by Gasteiger charge is -2.17. The van der Waals surface area contributed by atoms with Crippen LogP contribution in [-0.4, -0.2) is 17.4 Å². The average molecular weight is 367 g/mol. The molecule has 1 aliphatic carbocycles. The number of aromatic amines is 1. The zero-order valence-electron chi connectivity index (χ0n) is 15.0. The highest BCUT2D eigenvalue weighted by molar-refractivity contribution is 7.10. The summed E-state index contributed by atoms with van der Waals surface area (Å²) in [6.45, 7) is 0.659. The standard InChI is InChI=1S/C22H26N2OS/c25-22(12-11-16-6-1-2-7-16)24-15-19(21-10-5-13-26-21)18-14-23-20-9-4-3-8-17(18)20/h3-5,8-10,13-14,16,19,23H,1-2,6-7,11-12,15H2,(H,24,25). The molecular formula is C22H26N2OS. The van der Waals surface area contributed by atoms with E-state index >= 15 is 0 Å². The Labute approximate surface area is 158 Å². The Hall–Kier alpha value is -2.07. The first-order chi connectivity index (χ1) is 12.8. The van der Waals surface area contributed by atoms with E-state index in [1.54, 1.807) is 11.3 Å². The summed E-state index contributed by atoms with van der Waals surface area (Å²) in [5, 5.41) is 6.55. The van der Waals surface area contributed by atoms with Gasteiger partial charge in [-0.2, -0.15) is 0 Å². The summed E-state index contributed by atoms with van der Waals surface area (Å²) in [6, 6.07) is 12.6. The fraction of sp³-hybridized carbons (Fsp3) is 0.409. The van der Waals surface area contributed by atoms with Gasteiger partial charge in [-0.25, -0.2) is 0 Å². The molecule has 1 fully saturated rings. The molecule has 2 aromatic heterocycles. The van der Waals surface area contributed by atoms with Crippen LogP contribution in [0.1, 0.15) is 54.9 Å². The molecule has 136 valence electrons. The lowest BCUT2D eigenvalue weighted by Crippen LogP contribution is -2.28. The third kappa shape index (κ3) is 3.85. The maximum absolute atomic E-state index is 12.4. The predicted octanol–water partition coefficient (Wildman–Crippen LogP) is 5.45. The molecule has 2 heterocycles. The van der Waals surface area contributed by atoms with E-state index in [-0.39, 0.29) is 11.8 Å². The van der Waals surface area contributed by atoms with Gasteiger partial charge in [0, 0.05) is 40.9 Å². The first-order valence-corrected chi connectivity index (χ1v) is 10.6. The lowest BCUT2D eigenvalue weighted by atomic mass is 9.96. The van der Waals surface area contributed by atoms with Gasteiger partial charge in [-0.05, 0) is 35.4 Å². The van der Waals surface area contributed by atoms with Crippen LogP contribution in [-0.2, 0) is 4.79 Å². The van der Waals surface area contributed by atoms with Gasteiger partial charge in [-0.3, -0.25) is 4.79 Å². The molecule has 0 saturated heterocycles. The normalized spacial score (nSPS) is 16.2. The zero-order chi connectivity index (χ0) is 17.8. The monoisotopic (exact) mass is 366 g/mol. The van der Waals surface area contributed by atoms with E-state index in [1.165, 1.54) is 41.5 Å². The molecule has 4 rings (SSSR count). The molecular weight excluding hydrogens is 340 g/mol. The minimum absolute atomic E-state index is 0.193. The molecule has 3 nitrogen and oxygen atoms in total. The van der Waals surface area contributed by atoms with Crippen LogP contribution in [0, 0.1) is 5.92 Å². The number of aromatic nitrogens is 1. The summed E-state index contributed by atoms with van der Waals surface area (Å²) >= 11 is 1.76. The summed E-state index contributed by atoms with van der Waals surface area (Å²) in [5.74, 6) is 1.15. The molecule has 26 heavy (non-hydrogen) atoms. The lowest BCUT2D eigenvalue weighted by molar-refractivity contribution is -0.121. The molecule has 1 saturated carbocycles. The Kier molecular flexibility index (Phi) is 5.40. The first-order valence-electron chi connectivity index (χ1n) is 9.67. The molecule has 4 heteroatoms. The topological polar surface area (TPSA) is 44.9 Å². The number of carbonyl (C=O) groups excluding carboxylic acids is 1. The van der Waals surface area contributed by atoms with Crippen molar-refractivity contribution in [2.75, 3.05) is 6.54 Å². The molecule has 0 bridgehead atoms. The Morgan fingerprint density at radius 3 is 2.85 bits per heavy atom. The Bertz CT molecular complexity index is 846.